The quantitative estimate of drug-likeness (QED) is 0.327. The lowest BCUT2D eigenvalue weighted by Gasteiger charge is -2.14. The summed E-state index contributed by atoms with van der Waals surface area (Å²) in [6.07, 6.45) is 0.862. The smallest absolute Gasteiger partial charge is 0.266 e. The Morgan fingerprint density at radius 2 is 1.77 bits per heavy atom. The van der Waals surface area contributed by atoms with E-state index in [2.05, 4.69) is 29.9 Å². The molecule has 0 saturated heterocycles. The Labute approximate surface area is 196 Å². The standard InChI is InChI=1S/C19H18F3N7O5S/c1-32-17-15(34-8-5-20)18(33-2)27-19(26-17)28-35(30,31)12-9-23-13-10(12)3-4-11(16(21)22)14(13)29-24-6-7-25-29/h3-4,6-7,9,16,23H,5,8H2,1-2H3,(H,26,27,28). The number of aromatic nitrogens is 6. The molecule has 186 valence electrons. The van der Waals surface area contributed by atoms with Gasteiger partial charge in [-0.2, -0.15) is 20.2 Å². The van der Waals surface area contributed by atoms with Gasteiger partial charge in [-0.3, -0.25) is 0 Å². The van der Waals surface area contributed by atoms with Gasteiger partial charge in [0.2, 0.25) is 11.7 Å². The molecule has 12 nitrogen and oxygen atoms in total. The first-order valence-electron chi connectivity index (χ1n) is 9.81. The summed E-state index contributed by atoms with van der Waals surface area (Å²) in [6, 6.07) is 2.34. The van der Waals surface area contributed by atoms with E-state index < -0.39 is 34.6 Å². The summed E-state index contributed by atoms with van der Waals surface area (Å²) in [5, 5.41) is 7.87. The minimum absolute atomic E-state index is 0.0745. The van der Waals surface area contributed by atoms with Crippen LogP contribution < -0.4 is 18.9 Å². The number of H-pyrrole nitrogens is 1. The number of benzene rings is 1. The van der Waals surface area contributed by atoms with E-state index in [4.69, 9.17) is 14.2 Å². The number of alkyl halides is 3. The van der Waals surface area contributed by atoms with Crippen LogP contribution in [0.15, 0.2) is 35.6 Å². The van der Waals surface area contributed by atoms with Gasteiger partial charge in [0.05, 0.1) is 32.1 Å². The van der Waals surface area contributed by atoms with E-state index in [1.807, 2.05) is 0 Å². The maximum Gasteiger partial charge on any atom is 0.266 e. The molecule has 0 bridgehead atoms. The van der Waals surface area contributed by atoms with Crippen molar-refractivity contribution < 1.29 is 35.8 Å². The molecule has 35 heavy (non-hydrogen) atoms. The molecule has 4 rings (SSSR count). The molecule has 0 atom stereocenters. The van der Waals surface area contributed by atoms with Crippen LogP contribution in [0.25, 0.3) is 16.6 Å². The molecule has 16 heteroatoms. The number of anilines is 1. The molecule has 0 saturated carbocycles. The molecule has 3 aromatic heterocycles. The lowest BCUT2D eigenvalue weighted by atomic mass is 10.1. The summed E-state index contributed by atoms with van der Waals surface area (Å²) in [7, 11) is -1.86. The normalized spacial score (nSPS) is 11.7. The second-order valence-corrected chi connectivity index (χ2v) is 8.39. The van der Waals surface area contributed by atoms with Gasteiger partial charge in [0.1, 0.15) is 23.9 Å². The van der Waals surface area contributed by atoms with E-state index in [0.717, 1.165) is 17.1 Å². The highest BCUT2D eigenvalue weighted by atomic mass is 32.2. The molecule has 0 unspecified atom stereocenters. The molecule has 0 aliphatic heterocycles. The first kappa shape index (κ1) is 24.1. The Kier molecular flexibility index (Phi) is 6.63. The van der Waals surface area contributed by atoms with Crippen molar-refractivity contribution in [2.45, 2.75) is 11.3 Å². The first-order valence-corrected chi connectivity index (χ1v) is 11.3. The minimum Gasteiger partial charge on any atom is -0.481 e. The summed E-state index contributed by atoms with van der Waals surface area (Å²) >= 11 is 0. The van der Waals surface area contributed by atoms with Gasteiger partial charge in [0.15, 0.2) is 0 Å². The number of ether oxygens (including phenoxy) is 3. The number of aromatic amines is 1. The molecular weight excluding hydrogens is 495 g/mol. The fourth-order valence-electron chi connectivity index (χ4n) is 3.29. The first-order chi connectivity index (χ1) is 16.8. The highest BCUT2D eigenvalue weighted by molar-refractivity contribution is 7.93. The Balaban J connectivity index is 1.78. The Hall–Kier alpha value is -4.08. The third-order valence-corrected chi connectivity index (χ3v) is 6.07. The van der Waals surface area contributed by atoms with Crippen molar-refractivity contribution in [1.29, 1.82) is 0 Å². The number of sulfonamides is 1. The zero-order valence-electron chi connectivity index (χ0n) is 18.2. The largest absolute Gasteiger partial charge is 0.481 e. The monoisotopic (exact) mass is 513 g/mol. The fourth-order valence-corrected chi connectivity index (χ4v) is 4.41. The predicted octanol–water partition coefficient (Wildman–Crippen LogP) is 2.64. The lowest BCUT2D eigenvalue weighted by molar-refractivity contribution is 0.151. The van der Waals surface area contributed by atoms with Crippen molar-refractivity contribution in [2.75, 3.05) is 32.2 Å². The van der Waals surface area contributed by atoms with E-state index in [0.29, 0.717) is 0 Å². The molecule has 4 aromatic rings. The zero-order valence-corrected chi connectivity index (χ0v) is 19.0. The number of hydrogen-bond acceptors (Lipinski definition) is 9. The van der Waals surface area contributed by atoms with Gasteiger partial charge in [0, 0.05) is 17.1 Å². The van der Waals surface area contributed by atoms with Gasteiger partial charge >= 0.3 is 0 Å². The van der Waals surface area contributed by atoms with Crippen LogP contribution >= 0.6 is 0 Å². The highest BCUT2D eigenvalue weighted by Gasteiger charge is 2.27. The molecule has 0 amide bonds. The van der Waals surface area contributed by atoms with Crippen LogP contribution in [0.3, 0.4) is 0 Å². The Bertz CT molecular complexity index is 1420. The predicted molar refractivity (Wildman–Crippen MR) is 116 cm³/mol. The van der Waals surface area contributed by atoms with Crippen LogP contribution in [0.1, 0.15) is 12.0 Å². The van der Waals surface area contributed by atoms with E-state index >= 15 is 0 Å². The molecule has 0 radical (unpaired) electrons. The summed E-state index contributed by atoms with van der Waals surface area (Å²) in [4.78, 5) is 11.3. The van der Waals surface area contributed by atoms with E-state index in [9.17, 15) is 21.6 Å². The van der Waals surface area contributed by atoms with Gasteiger partial charge in [-0.1, -0.05) is 12.1 Å². The molecule has 0 aliphatic carbocycles. The Morgan fingerprint density at radius 3 is 2.34 bits per heavy atom. The van der Waals surface area contributed by atoms with Crippen LogP contribution in [0.2, 0.25) is 0 Å². The maximum absolute atomic E-state index is 13.6. The molecule has 0 aliphatic rings. The average molecular weight is 513 g/mol. The summed E-state index contributed by atoms with van der Waals surface area (Å²) in [5.74, 6) is -0.941. The SMILES string of the molecule is COc1nc(NS(=O)(=O)c2c[nH]c3c(-n4nccn4)c(C(F)F)ccc23)nc(OC)c1OCCF. The number of fused-ring (bicyclic) bond motifs is 1. The van der Waals surface area contributed by atoms with E-state index in [1.165, 1.54) is 32.7 Å². The number of methoxy groups -OCH3 is 2. The fraction of sp³-hybridized carbons (Fsp3) is 0.263. The number of nitrogens with one attached hydrogen (secondary N) is 2. The summed E-state index contributed by atoms with van der Waals surface area (Å²) < 4.78 is 83.7. The van der Waals surface area contributed by atoms with Gasteiger partial charge in [0.25, 0.3) is 28.2 Å². The Morgan fingerprint density at radius 1 is 1.11 bits per heavy atom. The molecular formula is C19H18F3N7O5S. The highest BCUT2D eigenvalue weighted by Crippen LogP contribution is 2.37. The van der Waals surface area contributed by atoms with Crippen molar-refractivity contribution in [3.05, 3.63) is 36.3 Å². The minimum atomic E-state index is -4.35. The summed E-state index contributed by atoms with van der Waals surface area (Å²) in [6.45, 7) is -1.13. The third kappa shape index (κ3) is 4.51. The van der Waals surface area contributed by atoms with Crippen LogP contribution in [0, 0.1) is 0 Å². The van der Waals surface area contributed by atoms with Crippen molar-refractivity contribution in [3.8, 4) is 23.2 Å². The van der Waals surface area contributed by atoms with Crippen LogP contribution in [-0.4, -0.2) is 65.9 Å². The molecule has 0 fully saturated rings. The van der Waals surface area contributed by atoms with Crippen molar-refractivity contribution in [3.63, 3.8) is 0 Å². The second kappa shape index (κ2) is 9.65. The van der Waals surface area contributed by atoms with Gasteiger partial charge in [-0.15, -0.1) is 4.80 Å². The molecule has 3 heterocycles. The third-order valence-electron chi connectivity index (χ3n) is 4.70. The number of nitrogens with zero attached hydrogens (tertiary/aromatic N) is 5. The number of halogens is 3. The average Bonchev–Trinajstić information content (AvgIpc) is 3.52. The van der Waals surface area contributed by atoms with E-state index in [-0.39, 0.29) is 45.6 Å². The second-order valence-electron chi connectivity index (χ2n) is 6.74. The van der Waals surface area contributed by atoms with Crippen LogP contribution in [0.4, 0.5) is 19.1 Å². The van der Waals surface area contributed by atoms with Gasteiger partial charge in [-0.05, 0) is 0 Å². The summed E-state index contributed by atoms with van der Waals surface area (Å²) in [5.41, 5.74) is -0.419. The van der Waals surface area contributed by atoms with Crippen molar-refractivity contribution >= 4 is 26.9 Å². The molecule has 1 aromatic carbocycles. The van der Waals surface area contributed by atoms with Crippen molar-refractivity contribution in [1.82, 2.24) is 29.9 Å². The number of rotatable bonds is 10. The molecule has 0 spiro atoms. The topological polar surface area (TPSA) is 146 Å². The molecule has 2 N–H and O–H groups in total. The van der Waals surface area contributed by atoms with E-state index in [1.54, 1.807) is 0 Å². The van der Waals surface area contributed by atoms with Crippen LogP contribution in [-0.2, 0) is 10.0 Å². The van der Waals surface area contributed by atoms with Crippen molar-refractivity contribution in [2.24, 2.45) is 0 Å². The van der Waals surface area contributed by atoms with Gasteiger partial charge < -0.3 is 19.2 Å². The number of hydrogen-bond donors (Lipinski definition) is 2. The lowest BCUT2D eigenvalue weighted by Crippen LogP contribution is -2.16. The zero-order chi connectivity index (χ0) is 25.2. The maximum atomic E-state index is 13.6. The van der Waals surface area contributed by atoms with Gasteiger partial charge in [-0.25, -0.2) is 26.3 Å². The van der Waals surface area contributed by atoms with Crippen LogP contribution in [0.5, 0.6) is 17.5 Å².